The SMILES string of the molecule is CCN(CC)S(=O)(=O)c1ccc(OC)c(N2CCN(S(=O)(=O)c3cccc(C(F)(F)F)c3)CC2)c1. The summed E-state index contributed by atoms with van der Waals surface area (Å²) in [6, 6.07) is 8.18. The number of benzene rings is 2. The van der Waals surface area contributed by atoms with Gasteiger partial charge in [-0.25, -0.2) is 16.8 Å². The molecule has 1 aliphatic heterocycles. The van der Waals surface area contributed by atoms with Crippen LogP contribution in [0.25, 0.3) is 0 Å². The summed E-state index contributed by atoms with van der Waals surface area (Å²) in [7, 11) is -6.41. The van der Waals surface area contributed by atoms with E-state index < -0.39 is 36.7 Å². The molecule has 3 rings (SSSR count). The molecule has 0 saturated carbocycles. The Morgan fingerprint density at radius 2 is 1.54 bits per heavy atom. The van der Waals surface area contributed by atoms with Crippen molar-refractivity contribution in [2.24, 2.45) is 0 Å². The fraction of sp³-hybridized carbons (Fsp3) is 0.455. The highest BCUT2D eigenvalue weighted by molar-refractivity contribution is 7.89. The van der Waals surface area contributed by atoms with Crippen molar-refractivity contribution in [2.45, 2.75) is 29.8 Å². The Kier molecular flexibility index (Phi) is 8.04. The molecular formula is C22H28F3N3O5S2. The first kappa shape index (κ1) is 27.2. The number of anilines is 1. The van der Waals surface area contributed by atoms with Gasteiger partial charge in [-0.2, -0.15) is 21.8 Å². The molecule has 0 atom stereocenters. The zero-order valence-electron chi connectivity index (χ0n) is 19.6. The minimum Gasteiger partial charge on any atom is -0.495 e. The van der Waals surface area contributed by atoms with Gasteiger partial charge in [-0.1, -0.05) is 19.9 Å². The molecule has 1 fully saturated rings. The first-order valence-electron chi connectivity index (χ1n) is 11.0. The van der Waals surface area contributed by atoms with Crippen molar-refractivity contribution in [2.75, 3.05) is 51.3 Å². The molecular weight excluding hydrogens is 507 g/mol. The highest BCUT2D eigenvalue weighted by atomic mass is 32.2. The summed E-state index contributed by atoms with van der Waals surface area (Å²) in [5.74, 6) is 0.428. The molecule has 1 heterocycles. The Morgan fingerprint density at radius 3 is 2.09 bits per heavy atom. The summed E-state index contributed by atoms with van der Waals surface area (Å²) in [5.41, 5.74) is -0.537. The van der Waals surface area contributed by atoms with E-state index in [2.05, 4.69) is 0 Å². The molecule has 0 spiro atoms. The van der Waals surface area contributed by atoms with Gasteiger partial charge in [0.2, 0.25) is 20.0 Å². The third-order valence-corrected chi connectivity index (χ3v) is 9.81. The van der Waals surface area contributed by atoms with E-state index in [1.807, 2.05) is 0 Å². The molecule has 0 aromatic heterocycles. The van der Waals surface area contributed by atoms with E-state index in [9.17, 15) is 30.0 Å². The van der Waals surface area contributed by atoms with Crippen LogP contribution in [0.5, 0.6) is 5.75 Å². The van der Waals surface area contributed by atoms with Crippen LogP contribution in [0.3, 0.4) is 0 Å². The molecule has 1 saturated heterocycles. The van der Waals surface area contributed by atoms with Gasteiger partial charge in [0.05, 0.1) is 28.2 Å². The molecule has 194 valence electrons. The number of hydrogen-bond donors (Lipinski definition) is 0. The van der Waals surface area contributed by atoms with Gasteiger partial charge in [-0.15, -0.1) is 0 Å². The number of nitrogens with zero attached hydrogens (tertiary/aromatic N) is 3. The number of sulfonamides is 2. The Morgan fingerprint density at radius 1 is 0.914 bits per heavy atom. The minimum absolute atomic E-state index is 0.00869. The second kappa shape index (κ2) is 10.3. The molecule has 0 amide bonds. The molecule has 13 heteroatoms. The molecule has 0 unspecified atom stereocenters. The van der Waals surface area contributed by atoms with Crippen molar-refractivity contribution in [3.8, 4) is 5.75 Å². The fourth-order valence-corrected chi connectivity index (χ4v) is 6.89. The van der Waals surface area contributed by atoms with Crippen LogP contribution in [0.2, 0.25) is 0 Å². The number of piperazine rings is 1. The monoisotopic (exact) mass is 535 g/mol. The lowest BCUT2D eigenvalue weighted by Crippen LogP contribution is -2.48. The second-order valence-corrected chi connectivity index (χ2v) is 11.7. The summed E-state index contributed by atoms with van der Waals surface area (Å²) in [6.45, 7) is 4.53. The Bertz CT molecular complexity index is 1260. The van der Waals surface area contributed by atoms with Crippen molar-refractivity contribution in [3.05, 3.63) is 48.0 Å². The highest BCUT2D eigenvalue weighted by Gasteiger charge is 2.34. The summed E-state index contributed by atoms with van der Waals surface area (Å²) in [5, 5.41) is 0. The fourth-order valence-electron chi connectivity index (χ4n) is 3.94. The number of hydrogen-bond acceptors (Lipinski definition) is 6. The summed E-state index contributed by atoms with van der Waals surface area (Å²) >= 11 is 0. The van der Waals surface area contributed by atoms with Crippen molar-refractivity contribution in [1.29, 1.82) is 0 Å². The standard InChI is InChI=1S/C22H28F3N3O5S2/c1-4-27(5-2)34(29,30)19-9-10-21(33-3)20(16-19)26-11-13-28(14-12-26)35(31,32)18-8-6-7-17(15-18)22(23,24)25/h6-10,15-16H,4-5,11-14H2,1-3H3. The maximum atomic E-state index is 13.0. The van der Waals surface area contributed by atoms with E-state index in [-0.39, 0.29) is 31.1 Å². The normalized spacial score (nSPS) is 16.0. The van der Waals surface area contributed by atoms with Crippen molar-refractivity contribution in [1.82, 2.24) is 8.61 Å². The van der Waals surface area contributed by atoms with Crippen LogP contribution in [0.4, 0.5) is 18.9 Å². The van der Waals surface area contributed by atoms with Crippen LogP contribution in [0.1, 0.15) is 19.4 Å². The molecule has 0 N–H and O–H groups in total. The third-order valence-electron chi connectivity index (χ3n) is 5.87. The Labute approximate surface area is 204 Å². The maximum absolute atomic E-state index is 13.0. The predicted molar refractivity (Wildman–Crippen MR) is 126 cm³/mol. The topological polar surface area (TPSA) is 87.2 Å². The summed E-state index contributed by atoms with van der Waals surface area (Å²) in [6.07, 6.45) is -4.66. The maximum Gasteiger partial charge on any atom is 0.416 e. The van der Waals surface area contributed by atoms with Gasteiger partial charge in [-0.3, -0.25) is 0 Å². The van der Waals surface area contributed by atoms with Crippen LogP contribution in [0.15, 0.2) is 52.3 Å². The molecule has 1 aliphatic rings. The van der Waals surface area contributed by atoms with Gasteiger partial charge in [0.1, 0.15) is 5.75 Å². The lowest BCUT2D eigenvalue weighted by molar-refractivity contribution is -0.137. The zero-order valence-corrected chi connectivity index (χ0v) is 21.3. The van der Waals surface area contributed by atoms with Gasteiger partial charge in [-0.05, 0) is 36.4 Å². The largest absolute Gasteiger partial charge is 0.495 e. The van der Waals surface area contributed by atoms with Gasteiger partial charge in [0.25, 0.3) is 0 Å². The molecule has 0 bridgehead atoms. The molecule has 35 heavy (non-hydrogen) atoms. The van der Waals surface area contributed by atoms with Gasteiger partial charge >= 0.3 is 6.18 Å². The van der Waals surface area contributed by atoms with Gasteiger partial charge in [0.15, 0.2) is 0 Å². The van der Waals surface area contributed by atoms with Gasteiger partial charge in [0, 0.05) is 39.3 Å². The van der Waals surface area contributed by atoms with E-state index in [4.69, 9.17) is 4.74 Å². The first-order valence-corrected chi connectivity index (χ1v) is 13.8. The van der Waals surface area contributed by atoms with E-state index >= 15 is 0 Å². The smallest absolute Gasteiger partial charge is 0.416 e. The number of rotatable bonds is 8. The van der Waals surface area contributed by atoms with Crippen LogP contribution in [-0.2, 0) is 26.2 Å². The first-order chi connectivity index (χ1) is 16.4. The average Bonchev–Trinajstić information content (AvgIpc) is 2.84. The highest BCUT2D eigenvalue weighted by Crippen LogP contribution is 2.34. The molecule has 2 aromatic rings. The number of ether oxygens (including phenoxy) is 1. The lowest BCUT2D eigenvalue weighted by Gasteiger charge is -2.36. The predicted octanol–water partition coefficient (Wildman–Crippen LogP) is 3.26. The number of halogens is 3. The quantitative estimate of drug-likeness (QED) is 0.516. The molecule has 0 aliphatic carbocycles. The van der Waals surface area contributed by atoms with E-state index in [1.165, 1.54) is 23.5 Å². The summed E-state index contributed by atoms with van der Waals surface area (Å²) < 4.78 is 98.9. The number of alkyl halides is 3. The van der Waals surface area contributed by atoms with E-state index in [0.717, 1.165) is 22.5 Å². The number of methoxy groups -OCH3 is 1. The molecule has 2 aromatic carbocycles. The van der Waals surface area contributed by atoms with E-state index in [0.29, 0.717) is 30.6 Å². The zero-order chi connectivity index (χ0) is 26.0. The van der Waals surface area contributed by atoms with Crippen molar-refractivity contribution < 1.29 is 34.7 Å². The minimum atomic E-state index is -4.66. The molecule has 0 radical (unpaired) electrons. The lowest BCUT2D eigenvalue weighted by atomic mass is 10.2. The third kappa shape index (κ3) is 5.57. The van der Waals surface area contributed by atoms with Crippen LogP contribution in [-0.4, -0.2) is 71.8 Å². The second-order valence-electron chi connectivity index (χ2n) is 7.84. The Balaban J connectivity index is 1.85. The van der Waals surface area contributed by atoms with Crippen molar-refractivity contribution in [3.63, 3.8) is 0 Å². The summed E-state index contributed by atoms with van der Waals surface area (Å²) in [4.78, 5) is 1.47. The van der Waals surface area contributed by atoms with Crippen LogP contribution < -0.4 is 9.64 Å². The van der Waals surface area contributed by atoms with Crippen LogP contribution in [0, 0.1) is 0 Å². The molecule has 8 nitrogen and oxygen atoms in total. The van der Waals surface area contributed by atoms with E-state index in [1.54, 1.807) is 24.8 Å². The Hall–Kier alpha value is -2.35. The van der Waals surface area contributed by atoms with Gasteiger partial charge < -0.3 is 9.64 Å². The average molecular weight is 536 g/mol. The van der Waals surface area contributed by atoms with Crippen LogP contribution >= 0.6 is 0 Å². The van der Waals surface area contributed by atoms with Crippen molar-refractivity contribution >= 4 is 25.7 Å².